The average molecular weight is 328 g/mol. The maximum atomic E-state index is 12.1. The monoisotopic (exact) mass is 328 g/mol. The predicted octanol–water partition coefficient (Wildman–Crippen LogP) is 0.186. The van der Waals surface area contributed by atoms with Crippen LogP contribution >= 0.6 is 0 Å². The number of nitrogens with zero attached hydrogens (tertiary/aromatic N) is 1. The molecule has 1 aliphatic rings. The molecule has 3 rings (SSSR count). The number of aryl methyl sites for hydroxylation is 1. The van der Waals surface area contributed by atoms with Crippen LogP contribution in [-0.4, -0.2) is 22.5 Å². The van der Waals surface area contributed by atoms with Crippen LogP contribution < -0.4 is 26.3 Å². The van der Waals surface area contributed by atoms with E-state index in [2.05, 4.69) is 20.3 Å². The first-order chi connectivity index (χ1) is 11.7. The summed E-state index contributed by atoms with van der Waals surface area (Å²) < 4.78 is 5.40. The number of rotatable bonds is 4. The summed E-state index contributed by atoms with van der Waals surface area (Å²) in [5, 5.41) is 3.02. The third-order valence-electron chi connectivity index (χ3n) is 3.89. The molecule has 7 nitrogen and oxygen atoms in total. The van der Waals surface area contributed by atoms with Gasteiger partial charge in [0.15, 0.2) is 0 Å². The van der Waals surface area contributed by atoms with Crippen LogP contribution in [0.25, 0.3) is 0 Å². The van der Waals surface area contributed by atoms with Crippen molar-refractivity contribution in [1.29, 1.82) is 0 Å². The van der Waals surface area contributed by atoms with E-state index in [1.807, 2.05) is 31.2 Å². The van der Waals surface area contributed by atoms with Gasteiger partial charge in [-0.25, -0.2) is 9.98 Å². The number of hydrogen-bond acceptors (Lipinski definition) is 3. The van der Waals surface area contributed by atoms with Gasteiger partial charge in [0.25, 0.3) is 11.5 Å². The largest absolute Gasteiger partial charge is 0.494 e. The molecule has 0 saturated carbocycles. The normalized spacial score (nSPS) is 14.1. The molecular weight excluding hydrogens is 306 g/mol. The molecule has 0 amide bonds. The van der Waals surface area contributed by atoms with Crippen molar-refractivity contribution in [2.75, 3.05) is 11.9 Å². The zero-order valence-corrected chi connectivity index (χ0v) is 13.7. The molecule has 0 unspecified atom stereocenters. The molecule has 0 spiro atoms. The highest BCUT2D eigenvalue weighted by Crippen LogP contribution is 2.16. The van der Waals surface area contributed by atoms with Crippen molar-refractivity contribution in [3.05, 3.63) is 45.9 Å². The maximum absolute atomic E-state index is 12.1. The van der Waals surface area contributed by atoms with E-state index in [-0.39, 0.29) is 11.5 Å². The first-order valence-electron chi connectivity index (χ1n) is 8.17. The van der Waals surface area contributed by atoms with Crippen molar-refractivity contribution in [2.45, 2.75) is 32.6 Å². The van der Waals surface area contributed by atoms with Crippen molar-refractivity contribution >= 4 is 17.6 Å². The van der Waals surface area contributed by atoms with Gasteiger partial charge in [-0.3, -0.25) is 10.1 Å². The van der Waals surface area contributed by atoms with E-state index < -0.39 is 0 Å². The molecule has 1 heterocycles. The number of aromatic amines is 1. The fourth-order valence-corrected chi connectivity index (χ4v) is 2.78. The molecule has 1 aliphatic carbocycles. The SMILES string of the molecule is CCOc1ccc(NC(N)=[NH+]c2nc3c(c(=O)[nH]2)CCCC3)cc1. The second kappa shape index (κ2) is 7.16. The summed E-state index contributed by atoms with van der Waals surface area (Å²) in [4.78, 5) is 22.2. The molecule has 1 aromatic carbocycles. The van der Waals surface area contributed by atoms with Crippen LogP contribution in [0.2, 0.25) is 0 Å². The van der Waals surface area contributed by atoms with E-state index in [0.29, 0.717) is 12.6 Å². The Hall–Kier alpha value is -2.83. The lowest BCUT2D eigenvalue weighted by molar-refractivity contribution is -0.365. The zero-order chi connectivity index (χ0) is 16.9. The number of hydrogen-bond donors (Lipinski definition) is 4. The lowest BCUT2D eigenvalue weighted by atomic mass is 9.97. The quantitative estimate of drug-likeness (QED) is 0.473. The van der Waals surface area contributed by atoms with Gasteiger partial charge in [-0.15, -0.1) is 4.98 Å². The van der Waals surface area contributed by atoms with Gasteiger partial charge in [0.1, 0.15) is 5.75 Å². The minimum absolute atomic E-state index is 0.0870. The molecule has 0 fully saturated rings. The Balaban J connectivity index is 1.76. The highest BCUT2D eigenvalue weighted by atomic mass is 16.5. The van der Waals surface area contributed by atoms with E-state index in [9.17, 15) is 4.79 Å². The molecule has 5 N–H and O–H groups in total. The van der Waals surface area contributed by atoms with Gasteiger partial charge >= 0.3 is 5.95 Å². The number of anilines is 1. The molecule has 24 heavy (non-hydrogen) atoms. The number of ether oxygens (including phenoxy) is 1. The Morgan fingerprint density at radius 1 is 1.33 bits per heavy atom. The number of H-pyrrole nitrogens is 1. The number of nitrogens with one attached hydrogen (secondary N) is 3. The molecule has 0 atom stereocenters. The topological polar surface area (TPSA) is 107 Å². The highest BCUT2D eigenvalue weighted by Gasteiger charge is 2.18. The number of aromatic nitrogens is 2. The summed E-state index contributed by atoms with van der Waals surface area (Å²) in [6, 6.07) is 7.45. The Morgan fingerprint density at radius 3 is 2.83 bits per heavy atom. The Kier molecular flexibility index (Phi) is 4.79. The molecule has 0 aliphatic heterocycles. The second-order valence-electron chi connectivity index (χ2n) is 5.67. The lowest BCUT2D eigenvalue weighted by Crippen LogP contribution is -2.73. The molecule has 1 aromatic heterocycles. The summed E-state index contributed by atoms with van der Waals surface area (Å²) in [6.07, 6.45) is 3.73. The van der Waals surface area contributed by atoms with Crippen molar-refractivity contribution < 1.29 is 9.73 Å². The second-order valence-corrected chi connectivity index (χ2v) is 5.67. The van der Waals surface area contributed by atoms with Crippen LogP contribution in [0.1, 0.15) is 31.0 Å². The minimum Gasteiger partial charge on any atom is -0.494 e. The number of guanidine groups is 1. The van der Waals surface area contributed by atoms with Crippen LogP contribution in [0.3, 0.4) is 0 Å². The molecule has 2 aromatic rings. The van der Waals surface area contributed by atoms with Crippen molar-refractivity contribution in [3.63, 3.8) is 0 Å². The van der Waals surface area contributed by atoms with Crippen LogP contribution in [0, 0.1) is 0 Å². The summed E-state index contributed by atoms with van der Waals surface area (Å²) in [5.41, 5.74) is 8.34. The Bertz CT molecular complexity index is 796. The van der Waals surface area contributed by atoms with Gasteiger partial charge < -0.3 is 10.5 Å². The van der Waals surface area contributed by atoms with E-state index in [4.69, 9.17) is 10.5 Å². The third kappa shape index (κ3) is 3.73. The van der Waals surface area contributed by atoms with Crippen molar-refractivity contribution in [3.8, 4) is 5.75 Å². The number of nitrogens with two attached hydrogens (primary N) is 1. The van der Waals surface area contributed by atoms with Crippen molar-refractivity contribution in [2.24, 2.45) is 5.73 Å². The lowest BCUT2D eigenvalue weighted by Gasteiger charge is -2.10. The molecule has 0 saturated heterocycles. The number of benzene rings is 1. The predicted molar refractivity (Wildman–Crippen MR) is 92.6 cm³/mol. The fraction of sp³-hybridized carbons (Fsp3) is 0.353. The third-order valence-corrected chi connectivity index (χ3v) is 3.89. The zero-order valence-electron chi connectivity index (χ0n) is 13.7. The smallest absolute Gasteiger partial charge is 0.325 e. The fourth-order valence-electron chi connectivity index (χ4n) is 2.78. The van der Waals surface area contributed by atoms with E-state index in [1.54, 1.807) is 0 Å². The van der Waals surface area contributed by atoms with E-state index in [1.165, 1.54) is 0 Å². The van der Waals surface area contributed by atoms with Crippen LogP contribution in [0.5, 0.6) is 5.75 Å². The van der Waals surface area contributed by atoms with Crippen molar-refractivity contribution in [1.82, 2.24) is 9.97 Å². The molecule has 7 heteroatoms. The number of fused-ring (bicyclic) bond motifs is 1. The molecule has 0 radical (unpaired) electrons. The van der Waals surface area contributed by atoms with Gasteiger partial charge in [-0.2, -0.15) is 0 Å². The van der Waals surface area contributed by atoms with E-state index >= 15 is 0 Å². The first-order valence-corrected chi connectivity index (χ1v) is 8.17. The average Bonchev–Trinajstić information content (AvgIpc) is 2.57. The summed E-state index contributed by atoms with van der Waals surface area (Å²) in [7, 11) is 0. The first kappa shape index (κ1) is 16.0. The maximum Gasteiger partial charge on any atom is 0.325 e. The molecule has 126 valence electrons. The van der Waals surface area contributed by atoms with Gasteiger partial charge in [0, 0.05) is 0 Å². The van der Waals surface area contributed by atoms with E-state index in [0.717, 1.165) is 48.4 Å². The standard InChI is InChI=1S/C17H21N5O2/c1-2-24-12-9-7-11(8-10-12)19-16(18)22-17-20-14-6-4-3-5-13(14)15(23)21-17/h7-10H,2-6H2,1H3,(H4,18,19,20,21,22,23)/p+1. The summed E-state index contributed by atoms with van der Waals surface area (Å²) in [5.74, 6) is 1.45. The van der Waals surface area contributed by atoms with Crippen LogP contribution in [0.15, 0.2) is 29.1 Å². The highest BCUT2D eigenvalue weighted by molar-refractivity contribution is 5.88. The van der Waals surface area contributed by atoms with Crippen LogP contribution in [-0.2, 0) is 12.8 Å². The van der Waals surface area contributed by atoms with Gasteiger partial charge in [0.05, 0.1) is 23.6 Å². The Morgan fingerprint density at radius 2 is 2.08 bits per heavy atom. The van der Waals surface area contributed by atoms with Gasteiger partial charge in [0.2, 0.25) is 0 Å². The van der Waals surface area contributed by atoms with Gasteiger partial charge in [-0.1, -0.05) is 0 Å². The minimum atomic E-state index is -0.0870. The Labute approximate surface area is 140 Å². The summed E-state index contributed by atoms with van der Waals surface area (Å²) in [6.45, 7) is 2.56. The molecular formula is C17H22N5O2+. The summed E-state index contributed by atoms with van der Waals surface area (Å²) >= 11 is 0. The van der Waals surface area contributed by atoms with Gasteiger partial charge in [-0.05, 0) is 56.9 Å². The molecule has 0 bridgehead atoms. The van der Waals surface area contributed by atoms with Crippen LogP contribution in [0.4, 0.5) is 11.6 Å².